The fourth-order valence-corrected chi connectivity index (χ4v) is 3.07. The first-order valence-corrected chi connectivity index (χ1v) is 8.13. The minimum Gasteiger partial charge on any atom is -0.289 e. The standard InChI is InChI=1S/C20H25ClO/c1-19(2,3)15-11-13(14-9-7-8-10-17(14)21)12-16(18(15)22)20(4,5)6/h7-13H,1-6H3. The van der Waals surface area contributed by atoms with Gasteiger partial charge in [0.15, 0.2) is 5.78 Å². The number of rotatable bonds is 1. The second kappa shape index (κ2) is 5.70. The fourth-order valence-electron chi connectivity index (χ4n) is 2.81. The quantitative estimate of drug-likeness (QED) is 0.625. The van der Waals surface area contributed by atoms with Crippen LogP contribution in [0.25, 0.3) is 0 Å². The minimum absolute atomic E-state index is 0.0508. The average molecular weight is 317 g/mol. The number of benzene rings is 1. The highest BCUT2D eigenvalue weighted by Gasteiger charge is 2.35. The van der Waals surface area contributed by atoms with E-state index in [1.54, 1.807) is 0 Å². The molecule has 0 bridgehead atoms. The molecule has 1 aliphatic rings. The molecule has 2 heteroatoms. The van der Waals surface area contributed by atoms with Crippen LogP contribution in [0.5, 0.6) is 0 Å². The number of carbonyl (C=O) groups is 1. The van der Waals surface area contributed by atoms with Gasteiger partial charge in [-0.3, -0.25) is 4.79 Å². The third kappa shape index (κ3) is 3.35. The Hall–Kier alpha value is -1.34. The molecule has 1 aliphatic carbocycles. The van der Waals surface area contributed by atoms with Crippen LogP contribution in [0.1, 0.15) is 53.0 Å². The van der Waals surface area contributed by atoms with Crippen LogP contribution in [0, 0.1) is 10.8 Å². The van der Waals surface area contributed by atoms with E-state index in [0.29, 0.717) is 0 Å². The number of hydrogen-bond acceptors (Lipinski definition) is 1. The summed E-state index contributed by atoms with van der Waals surface area (Å²) in [6.07, 6.45) is 4.16. The lowest BCUT2D eigenvalue weighted by Crippen LogP contribution is -2.29. The van der Waals surface area contributed by atoms with Crippen LogP contribution in [-0.2, 0) is 4.79 Å². The molecule has 0 fully saturated rings. The van der Waals surface area contributed by atoms with E-state index in [9.17, 15) is 4.79 Å². The smallest absolute Gasteiger partial charge is 0.185 e. The highest BCUT2D eigenvalue weighted by molar-refractivity contribution is 6.31. The van der Waals surface area contributed by atoms with Gasteiger partial charge in [0.2, 0.25) is 0 Å². The number of hydrogen-bond donors (Lipinski definition) is 0. The zero-order valence-corrected chi connectivity index (χ0v) is 15.1. The average Bonchev–Trinajstić information content (AvgIpc) is 2.37. The first-order valence-electron chi connectivity index (χ1n) is 7.75. The Bertz CT molecular complexity index is 617. The highest BCUT2D eigenvalue weighted by atomic mass is 35.5. The van der Waals surface area contributed by atoms with Gasteiger partial charge in [0.25, 0.3) is 0 Å². The predicted octanol–water partition coefficient (Wildman–Crippen LogP) is 5.95. The van der Waals surface area contributed by atoms with Gasteiger partial charge < -0.3 is 0 Å². The molecule has 0 radical (unpaired) electrons. The number of halogens is 1. The third-order valence-corrected chi connectivity index (χ3v) is 4.41. The number of carbonyl (C=O) groups excluding carboxylic acids is 1. The van der Waals surface area contributed by atoms with Crippen LogP contribution in [-0.4, -0.2) is 5.78 Å². The lowest BCUT2D eigenvalue weighted by molar-refractivity contribution is -0.114. The molecule has 0 amide bonds. The van der Waals surface area contributed by atoms with Gasteiger partial charge >= 0.3 is 0 Å². The van der Waals surface area contributed by atoms with Crippen molar-refractivity contribution in [2.75, 3.05) is 0 Å². The van der Waals surface area contributed by atoms with Crippen molar-refractivity contribution in [3.8, 4) is 0 Å². The van der Waals surface area contributed by atoms with Crippen molar-refractivity contribution in [3.05, 3.63) is 58.1 Å². The predicted molar refractivity (Wildman–Crippen MR) is 94.3 cm³/mol. The Labute approximate surface area is 139 Å². The van der Waals surface area contributed by atoms with Crippen molar-refractivity contribution in [1.29, 1.82) is 0 Å². The molecule has 0 heterocycles. The molecule has 0 atom stereocenters. The van der Waals surface area contributed by atoms with E-state index in [-0.39, 0.29) is 22.5 Å². The van der Waals surface area contributed by atoms with Crippen LogP contribution in [0.3, 0.4) is 0 Å². The molecule has 0 spiro atoms. The van der Waals surface area contributed by atoms with Crippen molar-refractivity contribution in [2.24, 2.45) is 10.8 Å². The van der Waals surface area contributed by atoms with Crippen LogP contribution in [0.4, 0.5) is 0 Å². The zero-order chi connectivity index (χ0) is 16.7. The summed E-state index contributed by atoms with van der Waals surface area (Å²) in [6.45, 7) is 12.5. The summed E-state index contributed by atoms with van der Waals surface area (Å²) in [6, 6.07) is 7.87. The van der Waals surface area contributed by atoms with E-state index >= 15 is 0 Å². The lowest BCUT2D eigenvalue weighted by atomic mass is 9.70. The van der Waals surface area contributed by atoms with Crippen molar-refractivity contribution in [1.82, 2.24) is 0 Å². The minimum atomic E-state index is -0.179. The SMILES string of the molecule is CC(C)(C)C1=CC(c2ccccc2Cl)C=C(C(C)(C)C)C1=O. The van der Waals surface area contributed by atoms with Gasteiger partial charge in [-0.1, -0.05) is 83.5 Å². The maximum absolute atomic E-state index is 12.9. The molecule has 1 aromatic carbocycles. The Morgan fingerprint density at radius 2 is 1.32 bits per heavy atom. The first-order chi connectivity index (χ1) is 10.0. The van der Waals surface area contributed by atoms with Gasteiger partial charge in [-0.2, -0.15) is 0 Å². The van der Waals surface area contributed by atoms with Crippen molar-refractivity contribution in [3.63, 3.8) is 0 Å². The van der Waals surface area contributed by atoms with Crippen LogP contribution in [0.15, 0.2) is 47.6 Å². The number of allylic oxidation sites excluding steroid dienone is 4. The molecule has 0 saturated heterocycles. The summed E-state index contributed by atoms with van der Waals surface area (Å²) in [5.74, 6) is 0.221. The van der Waals surface area contributed by atoms with Crippen molar-refractivity contribution >= 4 is 17.4 Å². The zero-order valence-electron chi connectivity index (χ0n) is 14.3. The van der Waals surface area contributed by atoms with Gasteiger partial charge in [-0.15, -0.1) is 0 Å². The Morgan fingerprint density at radius 3 is 1.73 bits per heavy atom. The molecule has 1 aromatic rings. The summed E-state index contributed by atoms with van der Waals surface area (Å²) < 4.78 is 0. The molecule has 0 aliphatic heterocycles. The van der Waals surface area contributed by atoms with Crippen molar-refractivity contribution < 1.29 is 4.79 Å². The molecular formula is C20H25ClO. The van der Waals surface area contributed by atoms with Gasteiger partial charge in [0.1, 0.15) is 0 Å². The van der Waals surface area contributed by atoms with Gasteiger partial charge in [-0.25, -0.2) is 0 Å². The van der Waals surface area contributed by atoms with Crippen molar-refractivity contribution in [2.45, 2.75) is 47.5 Å². The Morgan fingerprint density at radius 1 is 0.864 bits per heavy atom. The highest BCUT2D eigenvalue weighted by Crippen LogP contribution is 2.42. The molecular weight excluding hydrogens is 292 g/mol. The molecule has 0 N–H and O–H groups in total. The van der Waals surface area contributed by atoms with E-state index in [0.717, 1.165) is 21.7 Å². The van der Waals surface area contributed by atoms with E-state index in [1.807, 2.05) is 24.3 Å². The largest absolute Gasteiger partial charge is 0.289 e. The lowest BCUT2D eigenvalue weighted by Gasteiger charge is -2.33. The summed E-state index contributed by atoms with van der Waals surface area (Å²) in [5, 5.41) is 0.746. The maximum Gasteiger partial charge on any atom is 0.185 e. The maximum atomic E-state index is 12.9. The van der Waals surface area contributed by atoms with E-state index in [4.69, 9.17) is 11.6 Å². The van der Waals surface area contributed by atoms with Crippen LogP contribution < -0.4 is 0 Å². The first kappa shape index (κ1) is 17.0. The van der Waals surface area contributed by atoms with Gasteiger partial charge in [0, 0.05) is 22.1 Å². The third-order valence-electron chi connectivity index (χ3n) is 4.06. The molecule has 0 unspecified atom stereocenters. The summed E-state index contributed by atoms with van der Waals surface area (Å²) >= 11 is 6.37. The molecule has 0 saturated carbocycles. The van der Waals surface area contributed by atoms with Gasteiger partial charge in [-0.05, 0) is 22.5 Å². The molecule has 118 valence electrons. The summed E-state index contributed by atoms with van der Waals surface area (Å²) in [5.41, 5.74) is 2.46. The fraction of sp³-hybridized carbons (Fsp3) is 0.450. The second-order valence-electron chi connectivity index (χ2n) is 8.04. The van der Waals surface area contributed by atoms with E-state index in [1.165, 1.54) is 0 Å². The molecule has 0 aromatic heterocycles. The number of ketones is 1. The van der Waals surface area contributed by atoms with Crippen LogP contribution in [0.2, 0.25) is 5.02 Å². The molecule has 2 rings (SSSR count). The molecule has 22 heavy (non-hydrogen) atoms. The Kier molecular flexibility index (Phi) is 4.41. The monoisotopic (exact) mass is 316 g/mol. The summed E-state index contributed by atoms with van der Waals surface area (Å²) in [4.78, 5) is 12.9. The van der Waals surface area contributed by atoms with Crippen LogP contribution >= 0.6 is 11.6 Å². The topological polar surface area (TPSA) is 17.1 Å². The van der Waals surface area contributed by atoms with E-state index < -0.39 is 0 Å². The Balaban J connectivity index is 2.62. The summed E-state index contributed by atoms with van der Waals surface area (Å²) in [7, 11) is 0. The normalized spacial score (nSPS) is 17.3. The van der Waals surface area contributed by atoms with Gasteiger partial charge in [0.05, 0.1) is 0 Å². The second-order valence-corrected chi connectivity index (χ2v) is 8.44. The molecule has 1 nitrogen and oxygen atoms in total. The number of Topliss-reactive ketones (excluding diaryl/α,β-unsaturated/α-hetero) is 1. The van der Waals surface area contributed by atoms with E-state index in [2.05, 4.69) is 53.7 Å².